The summed E-state index contributed by atoms with van der Waals surface area (Å²) in [6, 6.07) is 27.5. The van der Waals surface area contributed by atoms with Gasteiger partial charge >= 0.3 is 5.69 Å². The average molecular weight is 546 g/mol. The number of aryl methyl sites for hydroxylation is 1. The van der Waals surface area contributed by atoms with Crippen LogP contribution in [0.5, 0.6) is 0 Å². The van der Waals surface area contributed by atoms with Gasteiger partial charge in [0.15, 0.2) is 0 Å². The Morgan fingerprint density at radius 1 is 0.878 bits per heavy atom. The third kappa shape index (κ3) is 4.65. The quantitative estimate of drug-likeness (QED) is 0.125. The number of para-hydroxylation sites is 2. The van der Waals surface area contributed by atoms with Crippen LogP contribution in [0.2, 0.25) is 0 Å². The van der Waals surface area contributed by atoms with Gasteiger partial charge in [-0.05, 0) is 43.3 Å². The number of aromatic nitrogens is 3. The molecule has 0 aliphatic heterocycles. The van der Waals surface area contributed by atoms with Crippen molar-refractivity contribution >= 4 is 45.1 Å². The van der Waals surface area contributed by atoms with Gasteiger partial charge < -0.3 is 4.57 Å². The van der Waals surface area contributed by atoms with E-state index >= 15 is 0 Å². The first-order chi connectivity index (χ1) is 19.9. The maximum atomic E-state index is 11.5. The number of benzene rings is 4. The number of nitrogens with zero attached hydrogens (tertiary/aromatic N) is 6. The minimum Gasteiger partial charge on any atom is -0.341 e. The van der Waals surface area contributed by atoms with Crippen LogP contribution in [0.25, 0.3) is 38.8 Å². The van der Waals surface area contributed by atoms with Crippen LogP contribution in [0.15, 0.2) is 102 Å². The lowest BCUT2D eigenvalue weighted by molar-refractivity contribution is -0.393. The van der Waals surface area contributed by atoms with E-state index in [0.717, 1.165) is 45.7 Å². The summed E-state index contributed by atoms with van der Waals surface area (Å²) in [5, 5.41) is 34.0. The lowest BCUT2D eigenvalue weighted by atomic mass is 10.0. The van der Waals surface area contributed by atoms with Crippen LogP contribution in [0.4, 0.5) is 17.1 Å². The monoisotopic (exact) mass is 545 g/mol. The second-order valence-corrected chi connectivity index (χ2v) is 9.29. The van der Waals surface area contributed by atoms with Crippen molar-refractivity contribution in [3.05, 3.63) is 123 Å². The van der Waals surface area contributed by atoms with Crippen molar-refractivity contribution in [3.63, 3.8) is 0 Å². The summed E-state index contributed by atoms with van der Waals surface area (Å²) in [4.78, 5) is 21.2. The second kappa shape index (κ2) is 10.4. The summed E-state index contributed by atoms with van der Waals surface area (Å²) in [6.07, 6.45) is 3.37. The molecule has 0 aliphatic carbocycles. The van der Waals surface area contributed by atoms with Gasteiger partial charge in [-0.15, -0.1) is 0 Å². The summed E-state index contributed by atoms with van der Waals surface area (Å²) in [5.74, 6) is 0. The highest BCUT2D eigenvalue weighted by Gasteiger charge is 2.20. The van der Waals surface area contributed by atoms with E-state index in [9.17, 15) is 20.2 Å². The highest BCUT2D eigenvalue weighted by molar-refractivity contribution is 6.09. The summed E-state index contributed by atoms with van der Waals surface area (Å²) >= 11 is 0. The van der Waals surface area contributed by atoms with Gasteiger partial charge in [-0.1, -0.05) is 42.5 Å². The number of nitro benzene ring substituents is 2. The summed E-state index contributed by atoms with van der Waals surface area (Å²) in [6.45, 7) is 2.96. The minimum atomic E-state index is -0.689. The van der Waals surface area contributed by atoms with Crippen LogP contribution in [-0.4, -0.2) is 30.4 Å². The number of nitrogens with one attached hydrogen (secondary N) is 1. The van der Waals surface area contributed by atoms with Crippen LogP contribution in [-0.2, 0) is 6.54 Å². The minimum absolute atomic E-state index is 0.0302. The van der Waals surface area contributed by atoms with E-state index in [1.54, 1.807) is 4.68 Å². The van der Waals surface area contributed by atoms with Gasteiger partial charge in [-0.3, -0.25) is 25.7 Å². The summed E-state index contributed by atoms with van der Waals surface area (Å²) in [7, 11) is 0. The molecule has 0 fully saturated rings. The van der Waals surface area contributed by atoms with E-state index in [0.29, 0.717) is 11.3 Å². The van der Waals surface area contributed by atoms with Crippen molar-refractivity contribution in [2.75, 3.05) is 5.43 Å². The van der Waals surface area contributed by atoms with E-state index in [4.69, 9.17) is 5.10 Å². The molecular formula is C30H23N7O4. The summed E-state index contributed by atoms with van der Waals surface area (Å²) in [5.41, 5.74) is 7.24. The highest BCUT2D eigenvalue weighted by Crippen LogP contribution is 2.34. The fourth-order valence-electron chi connectivity index (χ4n) is 5.01. The molecule has 41 heavy (non-hydrogen) atoms. The number of anilines is 1. The van der Waals surface area contributed by atoms with Gasteiger partial charge in [-0.2, -0.15) is 10.2 Å². The normalized spacial score (nSPS) is 11.4. The molecule has 0 saturated heterocycles. The van der Waals surface area contributed by atoms with Crippen molar-refractivity contribution in [1.82, 2.24) is 14.3 Å². The van der Waals surface area contributed by atoms with Crippen LogP contribution in [0.1, 0.15) is 12.5 Å². The van der Waals surface area contributed by atoms with Crippen molar-refractivity contribution < 1.29 is 9.85 Å². The Balaban J connectivity index is 1.43. The third-order valence-corrected chi connectivity index (χ3v) is 6.90. The molecule has 11 nitrogen and oxygen atoms in total. The molecule has 0 bridgehead atoms. The molecule has 202 valence electrons. The fourth-order valence-corrected chi connectivity index (χ4v) is 5.01. The van der Waals surface area contributed by atoms with Crippen LogP contribution < -0.4 is 5.43 Å². The first-order valence-corrected chi connectivity index (χ1v) is 12.8. The van der Waals surface area contributed by atoms with E-state index < -0.39 is 15.5 Å². The van der Waals surface area contributed by atoms with E-state index in [1.807, 2.05) is 54.7 Å². The van der Waals surface area contributed by atoms with Crippen molar-refractivity contribution in [2.45, 2.75) is 13.5 Å². The molecular weight excluding hydrogens is 522 g/mol. The zero-order chi connectivity index (χ0) is 28.5. The molecule has 1 N–H and O–H groups in total. The van der Waals surface area contributed by atoms with E-state index in [1.165, 1.54) is 18.3 Å². The number of hydrogen-bond donors (Lipinski definition) is 1. The number of hydrazone groups is 1. The van der Waals surface area contributed by atoms with Crippen LogP contribution in [0.3, 0.4) is 0 Å². The molecule has 0 spiro atoms. The first-order valence-electron chi connectivity index (χ1n) is 12.8. The molecule has 2 aromatic heterocycles. The van der Waals surface area contributed by atoms with Crippen molar-refractivity contribution in [2.24, 2.45) is 5.10 Å². The number of hydrogen-bond acceptors (Lipinski definition) is 7. The SMILES string of the molecule is CCn1c2ccccc2c2cc(-c3nn(-c4ccccc4)cc3/C=N/Nc3ccc([N+](=O)[O-])cc3[N+](=O)[O-])ccc21. The predicted molar refractivity (Wildman–Crippen MR) is 159 cm³/mol. The van der Waals surface area contributed by atoms with Crippen LogP contribution >= 0.6 is 0 Å². The van der Waals surface area contributed by atoms with Gasteiger partial charge in [0.05, 0.1) is 27.8 Å². The number of fused-ring (bicyclic) bond motifs is 3. The molecule has 0 atom stereocenters. The molecule has 6 rings (SSSR count). The lowest BCUT2D eigenvalue weighted by Gasteiger charge is -2.04. The van der Waals surface area contributed by atoms with Gasteiger partial charge in [0.2, 0.25) is 0 Å². The van der Waals surface area contributed by atoms with Gasteiger partial charge in [-0.25, -0.2) is 4.68 Å². The topological polar surface area (TPSA) is 133 Å². The van der Waals surface area contributed by atoms with Gasteiger partial charge in [0.25, 0.3) is 5.69 Å². The molecule has 2 heterocycles. The van der Waals surface area contributed by atoms with Gasteiger partial charge in [0.1, 0.15) is 11.4 Å². The summed E-state index contributed by atoms with van der Waals surface area (Å²) < 4.78 is 4.03. The standard InChI is InChI=1S/C30H23N7O4/c1-2-34-27-11-7-6-10-24(27)25-16-20(12-15-28(25)34)30-21(19-35(33-30)22-8-4-3-5-9-22)18-31-32-26-14-13-23(36(38)39)17-29(26)37(40)41/h3-19,32H,2H2,1H3/b31-18+. The second-order valence-electron chi connectivity index (χ2n) is 9.29. The maximum Gasteiger partial charge on any atom is 0.301 e. The smallest absolute Gasteiger partial charge is 0.301 e. The average Bonchev–Trinajstić information content (AvgIpc) is 3.56. The molecule has 0 aliphatic rings. The molecule has 4 aromatic carbocycles. The highest BCUT2D eigenvalue weighted by atomic mass is 16.6. The zero-order valence-electron chi connectivity index (χ0n) is 21.8. The van der Waals surface area contributed by atoms with E-state index in [-0.39, 0.29) is 11.4 Å². The van der Waals surface area contributed by atoms with Crippen molar-refractivity contribution in [3.8, 4) is 16.9 Å². The number of non-ortho nitro benzene ring substituents is 1. The third-order valence-electron chi connectivity index (χ3n) is 6.90. The van der Waals surface area contributed by atoms with E-state index in [2.05, 4.69) is 46.3 Å². The molecule has 0 radical (unpaired) electrons. The Kier molecular flexibility index (Phi) is 6.44. The van der Waals surface area contributed by atoms with Crippen molar-refractivity contribution in [1.29, 1.82) is 0 Å². The largest absolute Gasteiger partial charge is 0.341 e. The fraction of sp³-hybridized carbons (Fsp3) is 0.0667. The number of rotatable bonds is 8. The zero-order valence-corrected chi connectivity index (χ0v) is 21.8. The molecule has 11 heteroatoms. The predicted octanol–water partition coefficient (Wildman–Crippen LogP) is 6.93. The molecule has 0 unspecified atom stereocenters. The Labute approximate surface area is 233 Å². The van der Waals surface area contributed by atoms with Crippen LogP contribution in [0, 0.1) is 20.2 Å². The Bertz CT molecular complexity index is 1980. The molecule has 0 saturated carbocycles. The van der Waals surface area contributed by atoms with Gasteiger partial charge in [0, 0.05) is 51.7 Å². The Morgan fingerprint density at radius 3 is 2.39 bits per heavy atom. The number of nitro groups is 2. The first kappa shape index (κ1) is 25.4. The lowest BCUT2D eigenvalue weighted by Crippen LogP contribution is -1.99. The molecule has 0 amide bonds. The maximum absolute atomic E-state index is 11.5. The Hall–Kier alpha value is -5.84. The molecule has 6 aromatic rings. The Morgan fingerprint density at radius 2 is 1.63 bits per heavy atom.